The second-order valence-corrected chi connectivity index (χ2v) is 6.12. The minimum atomic E-state index is -0.861. The summed E-state index contributed by atoms with van der Waals surface area (Å²) < 4.78 is 20.4. The van der Waals surface area contributed by atoms with Gasteiger partial charge in [0, 0.05) is 5.56 Å². The Morgan fingerprint density at radius 1 is 1.00 bits per heavy atom. The van der Waals surface area contributed by atoms with Gasteiger partial charge in [0.25, 0.3) is 11.8 Å². The van der Waals surface area contributed by atoms with Gasteiger partial charge in [0.1, 0.15) is 5.00 Å². The SMILES string of the molecule is CCOC(=O)NC(=O)c1ccsc1NC(=O)c1cc(OC)c(OC)c(OC)c1. The van der Waals surface area contributed by atoms with Crippen LogP contribution in [0, 0.1) is 0 Å². The number of hydrogen-bond donors (Lipinski definition) is 2. The molecule has 1 aromatic heterocycles. The van der Waals surface area contributed by atoms with Crippen molar-refractivity contribution in [3.05, 3.63) is 34.7 Å². The fraction of sp³-hybridized carbons (Fsp3) is 0.278. The predicted octanol–water partition coefficient (Wildman–Crippen LogP) is 2.91. The highest BCUT2D eigenvalue weighted by Crippen LogP contribution is 2.38. The maximum absolute atomic E-state index is 12.7. The summed E-state index contributed by atoms with van der Waals surface area (Å²) in [4.78, 5) is 36.3. The summed E-state index contributed by atoms with van der Waals surface area (Å²) in [5.74, 6) is -0.184. The third-order valence-corrected chi connectivity index (χ3v) is 4.38. The van der Waals surface area contributed by atoms with Crippen molar-refractivity contribution >= 4 is 34.2 Å². The van der Waals surface area contributed by atoms with Crippen LogP contribution in [-0.4, -0.2) is 45.8 Å². The summed E-state index contributed by atoms with van der Waals surface area (Å²) in [7, 11) is 4.34. The first-order valence-electron chi connectivity index (χ1n) is 8.12. The molecule has 2 N–H and O–H groups in total. The van der Waals surface area contributed by atoms with Gasteiger partial charge in [0.05, 0.1) is 33.5 Å². The van der Waals surface area contributed by atoms with Crippen LogP contribution in [0.2, 0.25) is 0 Å². The standard InChI is InChI=1S/C18H20N2O7S/c1-5-27-18(23)20-16(22)11-6-7-28-17(11)19-15(21)10-8-12(24-2)14(26-4)13(9-10)25-3/h6-9H,5H2,1-4H3,(H,19,21)(H,20,22,23). The van der Waals surface area contributed by atoms with Gasteiger partial charge in [-0.2, -0.15) is 0 Å². The minimum absolute atomic E-state index is 0.132. The van der Waals surface area contributed by atoms with Crippen molar-refractivity contribution in [1.29, 1.82) is 0 Å². The first-order chi connectivity index (χ1) is 13.4. The van der Waals surface area contributed by atoms with Crippen molar-refractivity contribution < 1.29 is 33.3 Å². The molecule has 0 aliphatic heterocycles. The van der Waals surface area contributed by atoms with Crippen molar-refractivity contribution in [1.82, 2.24) is 5.32 Å². The molecule has 0 saturated carbocycles. The molecule has 150 valence electrons. The van der Waals surface area contributed by atoms with Crippen LogP contribution < -0.4 is 24.8 Å². The van der Waals surface area contributed by atoms with Gasteiger partial charge < -0.3 is 24.3 Å². The van der Waals surface area contributed by atoms with Crippen LogP contribution >= 0.6 is 11.3 Å². The molecule has 0 unspecified atom stereocenters. The van der Waals surface area contributed by atoms with E-state index in [2.05, 4.69) is 15.4 Å². The van der Waals surface area contributed by atoms with Crippen LogP contribution in [0.15, 0.2) is 23.6 Å². The quantitative estimate of drug-likeness (QED) is 0.724. The van der Waals surface area contributed by atoms with Crippen molar-refractivity contribution in [3.8, 4) is 17.2 Å². The fourth-order valence-corrected chi connectivity index (χ4v) is 3.08. The summed E-state index contributed by atoms with van der Waals surface area (Å²) in [6, 6.07) is 4.47. The molecule has 0 radical (unpaired) electrons. The van der Waals surface area contributed by atoms with Gasteiger partial charge >= 0.3 is 6.09 Å². The number of thiophene rings is 1. The number of alkyl carbamates (subject to hydrolysis) is 1. The van der Waals surface area contributed by atoms with Crippen LogP contribution in [0.25, 0.3) is 0 Å². The molecule has 0 atom stereocenters. The maximum atomic E-state index is 12.7. The maximum Gasteiger partial charge on any atom is 0.414 e. The van der Waals surface area contributed by atoms with Crippen molar-refractivity contribution in [3.63, 3.8) is 0 Å². The van der Waals surface area contributed by atoms with Crippen LogP contribution in [0.4, 0.5) is 9.80 Å². The summed E-state index contributed by atoms with van der Waals surface area (Å²) >= 11 is 1.14. The third kappa shape index (κ3) is 4.71. The van der Waals surface area contributed by atoms with Crippen molar-refractivity contribution in [2.24, 2.45) is 0 Å². The largest absolute Gasteiger partial charge is 0.493 e. The van der Waals surface area contributed by atoms with E-state index in [1.54, 1.807) is 12.3 Å². The Labute approximate surface area is 165 Å². The Morgan fingerprint density at radius 2 is 1.64 bits per heavy atom. The molecular formula is C18H20N2O7S. The Hall–Kier alpha value is -3.27. The lowest BCUT2D eigenvalue weighted by molar-refractivity contribution is 0.0926. The van der Waals surface area contributed by atoms with Gasteiger partial charge in [-0.25, -0.2) is 4.79 Å². The number of carbonyl (C=O) groups is 3. The van der Waals surface area contributed by atoms with Crippen molar-refractivity contribution in [2.45, 2.75) is 6.92 Å². The van der Waals surface area contributed by atoms with E-state index in [-0.39, 0.29) is 22.7 Å². The van der Waals surface area contributed by atoms with Crippen LogP contribution in [0.1, 0.15) is 27.6 Å². The van der Waals surface area contributed by atoms with E-state index >= 15 is 0 Å². The van der Waals surface area contributed by atoms with Crippen molar-refractivity contribution in [2.75, 3.05) is 33.3 Å². The van der Waals surface area contributed by atoms with Gasteiger partial charge in [-0.1, -0.05) is 0 Å². The van der Waals surface area contributed by atoms with Gasteiger partial charge in [-0.05, 0) is 30.5 Å². The Balaban J connectivity index is 2.24. The Kier molecular flexibility index (Phi) is 7.21. The summed E-state index contributed by atoms with van der Waals surface area (Å²) in [5, 5.41) is 6.63. The zero-order valence-corrected chi connectivity index (χ0v) is 16.6. The van der Waals surface area contributed by atoms with Crippen LogP contribution in [0.5, 0.6) is 17.2 Å². The van der Waals surface area contributed by atoms with E-state index in [9.17, 15) is 14.4 Å². The Morgan fingerprint density at radius 3 is 2.18 bits per heavy atom. The van der Waals surface area contributed by atoms with Crippen LogP contribution in [-0.2, 0) is 4.74 Å². The minimum Gasteiger partial charge on any atom is -0.493 e. The molecule has 0 spiro atoms. The number of methoxy groups -OCH3 is 3. The van der Waals surface area contributed by atoms with Crippen LogP contribution in [0.3, 0.4) is 0 Å². The van der Waals surface area contributed by atoms with E-state index in [0.717, 1.165) is 11.3 Å². The van der Waals surface area contributed by atoms with Gasteiger partial charge in [0.15, 0.2) is 11.5 Å². The molecule has 0 bridgehead atoms. The summed E-state index contributed by atoms with van der Waals surface area (Å²) in [6.07, 6.45) is -0.861. The van der Waals surface area contributed by atoms with E-state index in [0.29, 0.717) is 17.2 Å². The molecule has 0 aliphatic carbocycles. The second kappa shape index (κ2) is 9.60. The molecule has 9 nitrogen and oxygen atoms in total. The zero-order chi connectivity index (χ0) is 20.7. The molecular weight excluding hydrogens is 388 g/mol. The third-order valence-electron chi connectivity index (χ3n) is 3.55. The molecule has 10 heteroatoms. The molecule has 0 fully saturated rings. The number of ether oxygens (including phenoxy) is 4. The second-order valence-electron chi connectivity index (χ2n) is 5.21. The lowest BCUT2D eigenvalue weighted by Gasteiger charge is -2.14. The highest BCUT2D eigenvalue weighted by molar-refractivity contribution is 7.14. The molecule has 3 amide bonds. The zero-order valence-electron chi connectivity index (χ0n) is 15.8. The first kappa shape index (κ1) is 21.0. The molecule has 0 saturated heterocycles. The highest BCUT2D eigenvalue weighted by Gasteiger charge is 2.21. The van der Waals surface area contributed by atoms with E-state index in [1.165, 1.54) is 39.5 Å². The summed E-state index contributed by atoms with van der Waals surface area (Å²) in [6.45, 7) is 1.76. The predicted molar refractivity (Wildman–Crippen MR) is 103 cm³/mol. The average Bonchev–Trinajstić information content (AvgIpc) is 3.14. The van der Waals surface area contributed by atoms with Gasteiger partial charge in [-0.3, -0.25) is 14.9 Å². The fourth-order valence-electron chi connectivity index (χ4n) is 2.30. The average molecular weight is 408 g/mol. The lowest BCUT2D eigenvalue weighted by atomic mass is 10.1. The monoisotopic (exact) mass is 408 g/mol. The normalized spacial score (nSPS) is 10.0. The summed E-state index contributed by atoms with van der Waals surface area (Å²) in [5.41, 5.74) is 0.374. The Bertz CT molecular complexity index is 854. The first-order valence-corrected chi connectivity index (χ1v) is 9.00. The molecule has 0 aliphatic rings. The number of amides is 3. The number of hydrogen-bond acceptors (Lipinski definition) is 8. The molecule has 1 heterocycles. The van der Waals surface area contributed by atoms with Gasteiger partial charge in [-0.15, -0.1) is 11.3 Å². The molecule has 1 aromatic carbocycles. The van der Waals surface area contributed by atoms with Gasteiger partial charge in [0.2, 0.25) is 5.75 Å². The van der Waals surface area contributed by atoms with E-state index < -0.39 is 17.9 Å². The number of nitrogens with one attached hydrogen (secondary N) is 2. The number of benzene rings is 1. The topological polar surface area (TPSA) is 112 Å². The lowest BCUT2D eigenvalue weighted by Crippen LogP contribution is -2.31. The van der Waals surface area contributed by atoms with E-state index in [4.69, 9.17) is 14.2 Å². The number of rotatable bonds is 7. The van der Waals surface area contributed by atoms with E-state index in [1.807, 2.05) is 0 Å². The highest BCUT2D eigenvalue weighted by atomic mass is 32.1. The molecule has 2 rings (SSSR count). The number of carbonyl (C=O) groups excluding carboxylic acids is 3. The number of anilines is 1. The smallest absolute Gasteiger partial charge is 0.414 e. The number of imide groups is 1. The molecule has 2 aromatic rings. The molecule has 28 heavy (non-hydrogen) atoms.